The molecule has 4 N–H and O–H groups in total. The van der Waals surface area contributed by atoms with Crippen molar-refractivity contribution in [1.29, 1.82) is 0 Å². The smallest absolute Gasteiger partial charge is 0.361 e. The highest BCUT2D eigenvalue weighted by molar-refractivity contribution is 6.22. The van der Waals surface area contributed by atoms with Gasteiger partial charge in [-0.05, 0) is 54.3 Å². The molecule has 0 aliphatic rings. The second kappa shape index (κ2) is 9.89. The summed E-state index contributed by atoms with van der Waals surface area (Å²) in [7, 11) is 4.32. The predicted octanol–water partition coefficient (Wildman–Crippen LogP) is 4.71. The molecule has 1 atom stereocenters. The van der Waals surface area contributed by atoms with Crippen molar-refractivity contribution in [2.75, 3.05) is 21.3 Å². The third kappa shape index (κ3) is 4.01. The zero-order chi connectivity index (χ0) is 29.9. The number of nitrogens with zero attached hydrogens (tertiary/aromatic N) is 1. The number of pyridine rings is 1. The summed E-state index contributed by atoms with van der Waals surface area (Å²) in [4.78, 5) is 25.8. The van der Waals surface area contributed by atoms with Crippen molar-refractivity contribution in [1.82, 2.24) is 4.40 Å². The Hall–Kier alpha value is -5.42. The number of phenolic OH excluding ortho intramolecular Hbond substituents is 2. The Labute approximate surface area is 237 Å². The molecule has 0 radical (unpaired) electrons. The summed E-state index contributed by atoms with van der Waals surface area (Å²) in [6, 6.07) is 12.1. The maximum atomic E-state index is 13.5. The van der Waals surface area contributed by atoms with E-state index in [1.54, 1.807) is 53.1 Å². The van der Waals surface area contributed by atoms with Crippen LogP contribution in [-0.2, 0) is 4.79 Å². The van der Waals surface area contributed by atoms with Gasteiger partial charge in [-0.3, -0.25) is 0 Å². The second-order valence-corrected chi connectivity index (χ2v) is 9.73. The monoisotopic (exact) mass is 570 g/mol. The number of rotatable bonds is 6. The molecule has 3 heterocycles. The highest BCUT2D eigenvalue weighted by atomic mass is 16.6. The van der Waals surface area contributed by atoms with Crippen LogP contribution >= 0.6 is 0 Å². The maximum absolute atomic E-state index is 13.5. The van der Waals surface area contributed by atoms with E-state index in [9.17, 15) is 19.8 Å². The fraction of sp³-hybridized carbons (Fsp3) is 0.161. The summed E-state index contributed by atoms with van der Waals surface area (Å²) in [6.45, 7) is 1.52. The minimum absolute atomic E-state index is 0.0424. The van der Waals surface area contributed by atoms with Crippen LogP contribution in [0.3, 0.4) is 0 Å². The maximum Gasteiger partial charge on any atom is 0.361 e. The van der Waals surface area contributed by atoms with Crippen LogP contribution in [0, 0.1) is 0 Å². The standard InChI is InChI=1S/C31H26N2O9/c1-14(32)30(36)41-21-6-5-16(10-25(21)40-4)26-27-18-12-24(39-3)20(35)13-22(18)42-31(37)29(27)33-8-7-15-9-19(34)23(38-2)11-17(15)28(26)33/h5-14,34-35H,32H2,1-4H3/t14-/m0/s1. The van der Waals surface area contributed by atoms with Gasteiger partial charge in [0.15, 0.2) is 34.5 Å². The number of carbonyl (C=O) groups is 1. The number of phenols is 2. The van der Waals surface area contributed by atoms with Crippen LogP contribution in [0.2, 0.25) is 0 Å². The molecule has 11 heteroatoms. The number of hydrogen-bond donors (Lipinski definition) is 3. The van der Waals surface area contributed by atoms with Crippen LogP contribution < -0.4 is 30.3 Å². The number of fused-ring (bicyclic) bond motifs is 7. The SMILES string of the molecule is COc1cc2c(cc1O)oc(=O)c1c2c(-c2ccc(OC(=O)[C@H](C)N)c(OC)c2)c2c3cc(OC)c(O)cc3ccn21. The van der Waals surface area contributed by atoms with Gasteiger partial charge in [-0.1, -0.05) is 6.07 Å². The zero-order valence-corrected chi connectivity index (χ0v) is 23.1. The van der Waals surface area contributed by atoms with Crippen molar-refractivity contribution in [3.05, 3.63) is 65.1 Å². The van der Waals surface area contributed by atoms with Gasteiger partial charge in [0.25, 0.3) is 0 Å². The van der Waals surface area contributed by atoms with Gasteiger partial charge in [-0.2, -0.15) is 0 Å². The van der Waals surface area contributed by atoms with Crippen LogP contribution in [0.1, 0.15) is 6.92 Å². The normalized spacial score (nSPS) is 12.2. The quantitative estimate of drug-likeness (QED) is 0.146. The number of esters is 1. The minimum Gasteiger partial charge on any atom is -0.504 e. The molecule has 6 aromatic rings. The van der Waals surface area contributed by atoms with E-state index in [0.717, 1.165) is 0 Å². The second-order valence-electron chi connectivity index (χ2n) is 9.73. The van der Waals surface area contributed by atoms with Gasteiger partial charge in [-0.15, -0.1) is 0 Å². The number of aromatic nitrogens is 1. The molecule has 0 saturated heterocycles. The first-order valence-corrected chi connectivity index (χ1v) is 12.8. The van der Waals surface area contributed by atoms with Crippen molar-refractivity contribution in [2.45, 2.75) is 13.0 Å². The minimum atomic E-state index is -0.844. The van der Waals surface area contributed by atoms with Crippen LogP contribution in [0.5, 0.6) is 34.5 Å². The molecule has 6 rings (SSSR count). The topological polar surface area (TPSA) is 155 Å². The molecule has 0 unspecified atom stereocenters. The van der Waals surface area contributed by atoms with Gasteiger partial charge in [0, 0.05) is 34.0 Å². The summed E-state index contributed by atoms with van der Waals surface area (Å²) in [5.74, 6) is -0.00773. The molecule has 0 saturated carbocycles. The number of carbonyl (C=O) groups excluding carboxylic acids is 1. The van der Waals surface area contributed by atoms with Gasteiger partial charge >= 0.3 is 11.6 Å². The summed E-state index contributed by atoms with van der Waals surface area (Å²) in [5.41, 5.74) is 7.26. The van der Waals surface area contributed by atoms with Crippen LogP contribution in [0.4, 0.5) is 0 Å². The van der Waals surface area contributed by atoms with Gasteiger partial charge < -0.3 is 43.7 Å². The number of methoxy groups -OCH3 is 3. The molecule has 0 aliphatic heterocycles. The summed E-state index contributed by atoms with van der Waals surface area (Å²) in [5, 5.41) is 23.3. The van der Waals surface area contributed by atoms with Crippen molar-refractivity contribution >= 4 is 44.1 Å². The first kappa shape index (κ1) is 26.8. The Kier molecular flexibility index (Phi) is 6.31. The Morgan fingerprint density at radius 3 is 2.19 bits per heavy atom. The van der Waals surface area contributed by atoms with Crippen molar-refractivity contribution < 1.29 is 38.4 Å². The average Bonchev–Trinajstić information content (AvgIpc) is 3.33. The van der Waals surface area contributed by atoms with Crippen molar-refractivity contribution in [3.8, 4) is 45.6 Å². The molecule has 0 bridgehead atoms. The average molecular weight is 571 g/mol. The van der Waals surface area contributed by atoms with Gasteiger partial charge in [0.1, 0.15) is 17.1 Å². The molecule has 214 valence electrons. The molecular formula is C31H26N2O9. The van der Waals surface area contributed by atoms with Crippen LogP contribution in [0.25, 0.3) is 49.3 Å². The van der Waals surface area contributed by atoms with Gasteiger partial charge in [0.2, 0.25) is 0 Å². The third-order valence-corrected chi connectivity index (χ3v) is 7.20. The molecule has 0 amide bonds. The number of ether oxygens (including phenoxy) is 4. The lowest BCUT2D eigenvalue weighted by Gasteiger charge is -2.13. The Balaban J connectivity index is 1.81. The number of benzene rings is 3. The van der Waals surface area contributed by atoms with E-state index in [0.29, 0.717) is 38.2 Å². The molecule has 11 nitrogen and oxygen atoms in total. The Morgan fingerprint density at radius 1 is 0.857 bits per heavy atom. The van der Waals surface area contributed by atoms with Crippen LogP contribution in [0.15, 0.2) is 63.9 Å². The van der Waals surface area contributed by atoms with Crippen LogP contribution in [-0.4, -0.2) is 48.0 Å². The zero-order valence-electron chi connectivity index (χ0n) is 23.1. The molecule has 0 aliphatic carbocycles. The highest BCUT2D eigenvalue weighted by Gasteiger charge is 2.25. The molecular weight excluding hydrogens is 544 g/mol. The lowest BCUT2D eigenvalue weighted by Crippen LogP contribution is -2.30. The first-order valence-electron chi connectivity index (χ1n) is 12.8. The fourth-order valence-corrected chi connectivity index (χ4v) is 5.24. The van der Waals surface area contributed by atoms with E-state index in [2.05, 4.69) is 0 Å². The first-order chi connectivity index (χ1) is 20.2. The highest BCUT2D eigenvalue weighted by Crippen LogP contribution is 2.46. The number of aromatic hydroxyl groups is 2. The Bertz CT molecular complexity index is 2130. The third-order valence-electron chi connectivity index (χ3n) is 7.20. The molecule has 3 aromatic heterocycles. The lowest BCUT2D eigenvalue weighted by atomic mass is 9.98. The predicted molar refractivity (Wildman–Crippen MR) is 156 cm³/mol. The van der Waals surface area contributed by atoms with Gasteiger partial charge in [-0.25, -0.2) is 9.59 Å². The van der Waals surface area contributed by atoms with E-state index in [4.69, 9.17) is 29.1 Å². The van der Waals surface area contributed by atoms with Gasteiger partial charge in [0.05, 0.1) is 26.8 Å². The van der Waals surface area contributed by atoms with Crippen molar-refractivity contribution in [3.63, 3.8) is 0 Å². The summed E-state index contributed by atoms with van der Waals surface area (Å²) >= 11 is 0. The van der Waals surface area contributed by atoms with E-state index < -0.39 is 17.6 Å². The van der Waals surface area contributed by atoms with Crippen molar-refractivity contribution in [2.24, 2.45) is 5.73 Å². The molecule has 0 fully saturated rings. The number of hydrogen-bond acceptors (Lipinski definition) is 10. The number of nitrogens with two attached hydrogens (primary N) is 1. The molecule has 3 aromatic carbocycles. The lowest BCUT2D eigenvalue weighted by molar-refractivity contribution is -0.135. The summed E-state index contributed by atoms with van der Waals surface area (Å²) < 4.78 is 29.2. The Morgan fingerprint density at radius 2 is 1.52 bits per heavy atom. The summed E-state index contributed by atoms with van der Waals surface area (Å²) in [6.07, 6.45) is 1.71. The van der Waals surface area contributed by atoms with E-state index in [1.807, 2.05) is 0 Å². The molecule has 42 heavy (non-hydrogen) atoms. The van der Waals surface area contributed by atoms with E-state index >= 15 is 0 Å². The van der Waals surface area contributed by atoms with E-state index in [-0.39, 0.29) is 45.6 Å². The molecule has 0 spiro atoms. The van der Waals surface area contributed by atoms with E-state index in [1.165, 1.54) is 34.3 Å². The largest absolute Gasteiger partial charge is 0.504 e. The fourth-order valence-electron chi connectivity index (χ4n) is 5.24.